The van der Waals surface area contributed by atoms with E-state index in [1.807, 2.05) is 19.1 Å². The van der Waals surface area contributed by atoms with E-state index in [4.69, 9.17) is 10.5 Å². The first-order valence-electron chi connectivity index (χ1n) is 2.61. The standard InChI is InChI=1S/C4H5N.C3H5N/c1-4(2)3-5;1-2-3-4/h1H2,2H3;2H2,1H3. The van der Waals surface area contributed by atoms with Crippen LogP contribution in [0.1, 0.15) is 20.3 Å². The molecule has 0 aliphatic heterocycles. The highest BCUT2D eigenvalue weighted by molar-refractivity contribution is 5.11. The van der Waals surface area contributed by atoms with Gasteiger partial charge < -0.3 is 0 Å². The van der Waals surface area contributed by atoms with Gasteiger partial charge in [0.15, 0.2) is 0 Å². The zero-order chi connectivity index (χ0) is 7.70. The van der Waals surface area contributed by atoms with Gasteiger partial charge in [0.1, 0.15) is 0 Å². The van der Waals surface area contributed by atoms with Crippen LogP contribution in [0, 0.1) is 22.7 Å². The van der Waals surface area contributed by atoms with Crippen molar-refractivity contribution in [1.82, 2.24) is 0 Å². The van der Waals surface area contributed by atoms with Gasteiger partial charge in [0, 0.05) is 12.0 Å². The summed E-state index contributed by atoms with van der Waals surface area (Å²) in [6.45, 7) is 6.80. The molecule has 0 bridgehead atoms. The molecule has 0 fully saturated rings. The lowest BCUT2D eigenvalue weighted by Crippen LogP contribution is -1.51. The molecule has 0 atom stereocenters. The number of nitrogens with zero attached hydrogens (tertiary/aromatic N) is 2. The first-order valence-corrected chi connectivity index (χ1v) is 2.61. The minimum Gasteiger partial charge on any atom is -0.198 e. The largest absolute Gasteiger partial charge is 0.198 e. The summed E-state index contributed by atoms with van der Waals surface area (Å²) in [6.07, 6.45) is 0.625. The van der Waals surface area contributed by atoms with Gasteiger partial charge in [0.05, 0.1) is 12.1 Å². The Morgan fingerprint density at radius 2 is 1.78 bits per heavy atom. The van der Waals surface area contributed by atoms with Crippen LogP contribution in [0.15, 0.2) is 12.2 Å². The molecule has 0 aliphatic carbocycles. The maximum absolute atomic E-state index is 7.79. The van der Waals surface area contributed by atoms with Gasteiger partial charge in [0.25, 0.3) is 0 Å². The fourth-order valence-electron chi connectivity index (χ4n) is 0. The van der Waals surface area contributed by atoms with Crippen LogP contribution >= 0.6 is 0 Å². The molecule has 0 aromatic carbocycles. The average Bonchev–Trinajstić information content (AvgIpc) is 1.89. The van der Waals surface area contributed by atoms with Crippen LogP contribution in [0.5, 0.6) is 0 Å². The molecule has 0 heterocycles. The van der Waals surface area contributed by atoms with Crippen molar-refractivity contribution in [2.75, 3.05) is 0 Å². The second kappa shape index (κ2) is 9.87. The SMILES string of the molecule is C=C(C)C#N.CCC#N. The van der Waals surface area contributed by atoms with Crippen LogP contribution in [0.25, 0.3) is 0 Å². The minimum absolute atomic E-state index is 0.560. The Labute approximate surface area is 56.0 Å². The monoisotopic (exact) mass is 122 g/mol. The normalized spacial score (nSPS) is 5.33. The third-order valence-corrected chi connectivity index (χ3v) is 0.349. The van der Waals surface area contributed by atoms with Gasteiger partial charge in [-0.15, -0.1) is 0 Å². The highest BCUT2D eigenvalue weighted by Crippen LogP contribution is 1.74. The predicted molar refractivity (Wildman–Crippen MR) is 36.3 cm³/mol. The first-order chi connectivity index (χ1) is 4.18. The van der Waals surface area contributed by atoms with Crippen LogP contribution in [-0.2, 0) is 0 Å². The first kappa shape index (κ1) is 10.7. The lowest BCUT2D eigenvalue weighted by Gasteiger charge is -1.61. The maximum atomic E-state index is 7.79. The Bertz CT molecular complexity index is 145. The summed E-state index contributed by atoms with van der Waals surface area (Å²) in [4.78, 5) is 0. The Morgan fingerprint density at radius 1 is 1.56 bits per heavy atom. The fourth-order valence-corrected chi connectivity index (χ4v) is 0. The van der Waals surface area contributed by atoms with Gasteiger partial charge in [0.2, 0.25) is 0 Å². The molecule has 0 saturated heterocycles. The molecule has 0 radical (unpaired) electrons. The fraction of sp³-hybridized carbons (Fsp3) is 0.429. The van der Waals surface area contributed by atoms with Crippen molar-refractivity contribution < 1.29 is 0 Å². The van der Waals surface area contributed by atoms with Gasteiger partial charge in [-0.1, -0.05) is 13.5 Å². The molecule has 0 spiro atoms. The molecular weight excluding hydrogens is 112 g/mol. The molecule has 2 nitrogen and oxygen atoms in total. The smallest absolute Gasteiger partial charge is 0.0937 e. The summed E-state index contributed by atoms with van der Waals surface area (Å²) >= 11 is 0. The Hall–Kier alpha value is -1.28. The average molecular weight is 122 g/mol. The summed E-state index contributed by atoms with van der Waals surface area (Å²) < 4.78 is 0. The van der Waals surface area contributed by atoms with Crippen molar-refractivity contribution in [3.8, 4) is 12.1 Å². The summed E-state index contributed by atoms with van der Waals surface area (Å²) in [5, 5.41) is 15.4. The molecule has 0 N–H and O–H groups in total. The Kier molecular flexibility index (Phi) is 11.7. The molecule has 0 saturated carbocycles. The number of nitriles is 2. The molecule has 2 heteroatoms. The number of hydrogen-bond donors (Lipinski definition) is 0. The summed E-state index contributed by atoms with van der Waals surface area (Å²) in [6, 6.07) is 3.76. The van der Waals surface area contributed by atoms with Crippen molar-refractivity contribution >= 4 is 0 Å². The van der Waals surface area contributed by atoms with E-state index in [9.17, 15) is 0 Å². The molecule has 0 aromatic rings. The van der Waals surface area contributed by atoms with Crippen LogP contribution in [0.3, 0.4) is 0 Å². The zero-order valence-electron chi connectivity index (χ0n) is 5.81. The molecule has 0 rings (SSSR count). The van der Waals surface area contributed by atoms with Crippen molar-refractivity contribution in [2.45, 2.75) is 20.3 Å². The molecule has 9 heavy (non-hydrogen) atoms. The number of allylic oxidation sites excluding steroid dienone is 1. The van der Waals surface area contributed by atoms with Crippen LogP contribution in [0.4, 0.5) is 0 Å². The van der Waals surface area contributed by atoms with E-state index in [-0.39, 0.29) is 0 Å². The second-order valence-electron chi connectivity index (χ2n) is 1.40. The molecule has 0 unspecified atom stereocenters. The highest BCUT2D eigenvalue weighted by Gasteiger charge is 1.64. The molecule has 0 aromatic heterocycles. The predicted octanol–water partition coefficient (Wildman–Crippen LogP) is 2.01. The minimum atomic E-state index is 0.560. The molecule has 0 amide bonds. The third kappa shape index (κ3) is 50.6. The van der Waals surface area contributed by atoms with Gasteiger partial charge in [-0.25, -0.2) is 0 Å². The Morgan fingerprint density at radius 3 is 1.78 bits per heavy atom. The van der Waals surface area contributed by atoms with Crippen molar-refractivity contribution in [1.29, 1.82) is 10.5 Å². The number of hydrogen-bond acceptors (Lipinski definition) is 2. The van der Waals surface area contributed by atoms with Gasteiger partial charge in [-0.2, -0.15) is 10.5 Å². The van der Waals surface area contributed by atoms with Crippen molar-refractivity contribution in [3.63, 3.8) is 0 Å². The van der Waals surface area contributed by atoms with Crippen molar-refractivity contribution in [3.05, 3.63) is 12.2 Å². The molecule has 48 valence electrons. The number of rotatable bonds is 0. The Balaban J connectivity index is 0. The van der Waals surface area contributed by atoms with Gasteiger partial charge in [-0.05, 0) is 6.92 Å². The van der Waals surface area contributed by atoms with E-state index in [1.165, 1.54) is 0 Å². The van der Waals surface area contributed by atoms with Crippen LogP contribution in [-0.4, -0.2) is 0 Å². The molecule has 0 aliphatic rings. The van der Waals surface area contributed by atoms with E-state index in [0.29, 0.717) is 12.0 Å². The van der Waals surface area contributed by atoms with Gasteiger partial charge >= 0.3 is 0 Å². The van der Waals surface area contributed by atoms with E-state index >= 15 is 0 Å². The highest BCUT2D eigenvalue weighted by atomic mass is 14.2. The van der Waals surface area contributed by atoms with Crippen molar-refractivity contribution in [2.24, 2.45) is 0 Å². The topological polar surface area (TPSA) is 47.6 Å². The lowest BCUT2D eigenvalue weighted by molar-refractivity contribution is 1.22. The second-order valence-corrected chi connectivity index (χ2v) is 1.40. The summed E-state index contributed by atoms with van der Waals surface area (Å²) in [5.41, 5.74) is 0.560. The van der Waals surface area contributed by atoms with E-state index in [0.717, 1.165) is 0 Å². The molecular formula is C7H10N2. The van der Waals surface area contributed by atoms with Gasteiger partial charge in [-0.3, -0.25) is 0 Å². The van der Waals surface area contributed by atoms with E-state index in [2.05, 4.69) is 6.58 Å². The zero-order valence-corrected chi connectivity index (χ0v) is 5.81. The van der Waals surface area contributed by atoms with Crippen LogP contribution in [0.2, 0.25) is 0 Å². The summed E-state index contributed by atoms with van der Waals surface area (Å²) in [7, 11) is 0. The maximum Gasteiger partial charge on any atom is 0.0937 e. The van der Waals surface area contributed by atoms with E-state index in [1.54, 1.807) is 6.92 Å². The quantitative estimate of drug-likeness (QED) is 0.461. The lowest BCUT2D eigenvalue weighted by atomic mass is 10.4. The summed E-state index contributed by atoms with van der Waals surface area (Å²) in [5.74, 6) is 0. The van der Waals surface area contributed by atoms with Crippen LogP contribution < -0.4 is 0 Å². The van der Waals surface area contributed by atoms with E-state index < -0.39 is 0 Å². The third-order valence-electron chi connectivity index (χ3n) is 0.349.